The molecule has 0 radical (unpaired) electrons. The summed E-state index contributed by atoms with van der Waals surface area (Å²) < 4.78 is 1.95. The second-order valence-electron chi connectivity index (χ2n) is 5.84. The summed E-state index contributed by atoms with van der Waals surface area (Å²) in [7, 11) is 0. The van der Waals surface area contributed by atoms with Crippen LogP contribution < -0.4 is 0 Å². The number of hydrogen-bond donors (Lipinski definition) is 0. The van der Waals surface area contributed by atoms with Crippen molar-refractivity contribution in [3.63, 3.8) is 0 Å². The number of carbonyl (C=O) groups is 1. The number of nitrogens with zero attached hydrogens (tertiary/aromatic N) is 4. The van der Waals surface area contributed by atoms with Crippen molar-refractivity contribution in [1.29, 1.82) is 0 Å². The van der Waals surface area contributed by atoms with Crippen molar-refractivity contribution in [1.82, 2.24) is 19.5 Å². The first kappa shape index (κ1) is 13.2. The molecule has 1 fully saturated rings. The van der Waals surface area contributed by atoms with Crippen LogP contribution >= 0.6 is 0 Å². The number of pyridine rings is 1. The Labute approximate surface area is 118 Å². The highest BCUT2D eigenvalue weighted by molar-refractivity contribution is 5.83. The molecule has 0 bridgehead atoms. The van der Waals surface area contributed by atoms with Gasteiger partial charge in [0, 0.05) is 25.2 Å². The lowest BCUT2D eigenvalue weighted by atomic mass is 10.0. The molecule has 0 N–H and O–H groups in total. The van der Waals surface area contributed by atoms with Crippen LogP contribution in [-0.4, -0.2) is 44.9 Å². The molecule has 2 aromatic heterocycles. The van der Waals surface area contributed by atoms with Gasteiger partial charge in [-0.25, -0.2) is 0 Å². The predicted molar refractivity (Wildman–Crippen MR) is 76.9 cm³/mol. The van der Waals surface area contributed by atoms with Gasteiger partial charge < -0.3 is 4.90 Å². The fraction of sp³-hybridized carbons (Fsp3) is 0.533. The van der Waals surface area contributed by atoms with Gasteiger partial charge in [0.1, 0.15) is 5.82 Å². The minimum absolute atomic E-state index is 0.599. The molecule has 2 aromatic rings. The lowest BCUT2D eigenvalue weighted by Crippen LogP contribution is -2.28. The van der Waals surface area contributed by atoms with Crippen molar-refractivity contribution in [2.75, 3.05) is 13.1 Å². The number of aldehydes is 1. The molecule has 5 heteroatoms. The molecule has 0 saturated carbocycles. The van der Waals surface area contributed by atoms with Gasteiger partial charge in [-0.3, -0.25) is 9.20 Å². The Hall–Kier alpha value is -1.75. The average molecular weight is 272 g/mol. The second kappa shape index (κ2) is 5.32. The molecule has 1 atom stereocenters. The molecule has 0 aromatic carbocycles. The Morgan fingerprint density at radius 3 is 3.00 bits per heavy atom. The topological polar surface area (TPSA) is 50.5 Å². The fourth-order valence-corrected chi connectivity index (χ4v) is 2.97. The van der Waals surface area contributed by atoms with E-state index >= 15 is 0 Å². The van der Waals surface area contributed by atoms with Gasteiger partial charge >= 0.3 is 0 Å². The Bertz CT molecular complexity index is 619. The largest absolute Gasteiger partial charge is 0.301 e. The molecule has 3 rings (SSSR count). The van der Waals surface area contributed by atoms with E-state index in [9.17, 15) is 4.79 Å². The van der Waals surface area contributed by atoms with Gasteiger partial charge in [0.15, 0.2) is 11.9 Å². The third-order valence-corrected chi connectivity index (χ3v) is 4.18. The molecule has 0 amide bonds. The number of fused-ring (bicyclic) bond motifs is 1. The van der Waals surface area contributed by atoms with Gasteiger partial charge in [-0.15, -0.1) is 10.2 Å². The Morgan fingerprint density at radius 1 is 1.45 bits per heavy atom. The summed E-state index contributed by atoms with van der Waals surface area (Å²) in [4.78, 5) is 13.5. The minimum atomic E-state index is 0.599. The van der Waals surface area contributed by atoms with E-state index in [0.717, 1.165) is 25.1 Å². The van der Waals surface area contributed by atoms with E-state index in [0.29, 0.717) is 23.2 Å². The van der Waals surface area contributed by atoms with Crippen LogP contribution in [0.2, 0.25) is 0 Å². The maximum atomic E-state index is 11.0. The van der Waals surface area contributed by atoms with Gasteiger partial charge in [-0.05, 0) is 44.9 Å². The van der Waals surface area contributed by atoms with Crippen LogP contribution in [0.3, 0.4) is 0 Å². The highest BCUT2D eigenvalue weighted by Gasteiger charge is 2.25. The number of likely N-dealkylation sites (tertiary alicyclic amines) is 1. The minimum Gasteiger partial charge on any atom is -0.301 e. The van der Waals surface area contributed by atoms with Crippen molar-refractivity contribution in [2.24, 2.45) is 5.92 Å². The van der Waals surface area contributed by atoms with Gasteiger partial charge in [0.25, 0.3) is 0 Å². The van der Waals surface area contributed by atoms with E-state index in [1.54, 1.807) is 6.07 Å². The van der Waals surface area contributed by atoms with E-state index in [1.807, 2.05) is 16.7 Å². The zero-order valence-electron chi connectivity index (χ0n) is 12.0. The zero-order chi connectivity index (χ0) is 14.1. The summed E-state index contributed by atoms with van der Waals surface area (Å²) in [6, 6.07) is 4.26. The SMILES string of the molecule is CC(C)N1CCC(Cc2nnc3c(C=O)cccn23)C1. The first-order valence-corrected chi connectivity index (χ1v) is 7.21. The molecule has 20 heavy (non-hydrogen) atoms. The van der Waals surface area contributed by atoms with Gasteiger partial charge in [0.05, 0.1) is 5.56 Å². The average Bonchev–Trinajstić information content (AvgIpc) is 3.06. The van der Waals surface area contributed by atoms with Crippen LogP contribution in [-0.2, 0) is 6.42 Å². The monoisotopic (exact) mass is 272 g/mol. The number of rotatable bonds is 4. The van der Waals surface area contributed by atoms with Crippen LogP contribution in [0.5, 0.6) is 0 Å². The first-order valence-electron chi connectivity index (χ1n) is 7.21. The molecule has 1 unspecified atom stereocenters. The van der Waals surface area contributed by atoms with Crippen LogP contribution in [0.4, 0.5) is 0 Å². The molecule has 1 aliphatic rings. The lowest BCUT2D eigenvalue weighted by molar-refractivity contribution is 0.112. The molecule has 0 aliphatic carbocycles. The van der Waals surface area contributed by atoms with E-state index in [1.165, 1.54) is 13.0 Å². The van der Waals surface area contributed by atoms with Crippen molar-refractivity contribution in [3.05, 3.63) is 29.7 Å². The molecule has 3 heterocycles. The summed E-state index contributed by atoms with van der Waals surface area (Å²) >= 11 is 0. The predicted octanol–water partition coefficient (Wildman–Crippen LogP) is 1.81. The molecule has 5 nitrogen and oxygen atoms in total. The fourth-order valence-electron chi connectivity index (χ4n) is 2.97. The first-order chi connectivity index (χ1) is 9.69. The third kappa shape index (κ3) is 2.33. The van der Waals surface area contributed by atoms with Gasteiger partial charge in [-0.2, -0.15) is 0 Å². The lowest BCUT2D eigenvalue weighted by Gasteiger charge is -2.20. The van der Waals surface area contributed by atoms with Gasteiger partial charge in [-0.1, -0.05) is 0 Å². The molecular weight excluding hydrogens is 252 g/mol. The second-order valence-corrected chi connectivity index (χ2v) is 5.84. The molecule has 1 saturated heterocycles. The zero-order valence-corrected chi connectivity index (χ0v) is 12.0. The summed E-state index contributed by atoms with van der Waals surface area (Å²) in [5.74, 6) is 1.59. The molecule has 1 aliphatic heterocycles. The molecule has 0 spiro atoms. The smallest absolute Gasteiger partial charge is 0.171 e. The normalized spacial score (nSPS) is 20.1. The van der Waals surface area contributed by atoms with E-state index in [4.69, 9.17) is 0 Å². The van der Waals surface area contributed by atoms with E-state index < -0.39 is 0 Å². The van der Waals surface area contributed by atoms with Crippen LogP contribution in [0, 0.1) is 5.92 Å². The quantitative estimate of drug-likeness (QED) is 0.797. The standard InChI is InChI=1S/C15H20N4O/c1-11(2)18-7-5-12(9-18)8-14-16-17-15-13(10-20)4-3-6-19(14)15/h3-4,6,10-12H,5,7-9H2,1-2H3. The maximum absolute atomic E-state index is 11.0. The summed E-state index contributed by atoms with van der Waals surface area (Å²) in [6.07, 6.45) is 4.91. The highest BCUT2D eigenvalue weighted by atomic mass is 16.1. The van der Waals surface area contributed by atoms with E-state index in [-0.39, 0.29) is 0 Å². The summed E-state index contributed by atoms with van der Waals surface area (Å²) in [5.41, 5.74) is 1.26. The molecular formula is C15H20N4O. The molecule has 106 valence electrons. The maximum Gasteiger partial charge on any atom is 0.171 e. The van der Waals surface area contributed by atoms with Crippen molar-refractivity contribution >= 4 is 11.9 Å². The third-order valence-electron chi connectivity index (χ3n) is 4.18. The van der Waals surface area contributed by atoms with Crippen molar-refractivity contribution in [3.8, 4) is 0 Å². The van der Waals surface area contributed by atoms with Crippen LogP contribution in [0.25, 0.3) is 5.65 Å². The van der Waals surface area contributed by atoms with Crippen LogP contribution in [0.15, 0.2) is 18.3 Å². The van der Waals surface area contributed by atoms with Crippen molar-refractivity contribution < 1.29 is 4.79 Å². The highest BCUT2D eigenvalue weighted by Crippen LogP contribution is 2.22. The Balaban J connectivity index is 1.80. The Morgan fingerprint density at radius 2 is 2.30 bits per heavy atom. The number of aromatic nitrogens is 3. The summed E-state index contributed by atoms with van der Waals surface area (Å²) in [6.45, 7) is 6.77. The Kier molecular flexibility index (Phi) is 3.53. The number of carbonyl (C=O) groups excluding carboxylic acids is 1. The van der Waals surface area contributed by atoms with Crippen LogP contribution in [0.1, 0.15) is 36.5 Å². The number of hydrogen-bond acceptors (Lipinski definition) is 4. The van der Waals surface area contributed by atoms with Crippen molar-refractivity contribution in [2.45, 2.75) is 32.7 Å². The van der Waals surface area contributed by atoms with Gasteiger partial charge in [0.2, 0.25) is 0 Å². The summed E-state index contributed by atoms with van der Waals surface area (Å²) in [5, 5.41) is 8.43. The van der Waals surface area contributed by atoms with E-state index in [2.05, 4.69) is 28.9 Å².